The summed E-state index contributed by atoms with van der Waals surface area (Å²) in [5, 5.41) is 8.92. The van der Waals surface area contributed by atoms with Gasteiger partial charge in [-0.15, -0.1) is 11.3 Å². The van der Waals surface area contributed by atoms with Crippen LogP contribution in [0.3, 0.4) is 0 Å². The molecular weight excluding hydrogens is 314 g/mol. The molecule has 0 saturated heterocycles. The van der Waals surface area contributed by atoms with Crippen LogP contribution in [0.1, 0.15) is 33.7 Å². The minimum Gasteiger partial charge on any atom is -0.478 e. The van der Waals surface area contributed by atoms with Gasteiger partial charge in [0.05, 0.1) is 6.54 Å². The highest BCUT2D eigenvalue weighted by molar-refractivity contribution is 7.91. The van der Waals surface area contributed by atoms with E-state index in [4.69, 9.17) is 9.52 Å². The number of hydrogen-bond donors (Lipinski definition) is 2. The lowest BCUT2D eigenvalue weighted by molar-refractivity contribution is 0.0695. The second-order valence-corrected chi connectivity index (χ2v) is 7.55. The molecule has 2 aromatic rings. The minimum atomic E-state index is -3.61. The third-order valence-electron chi connectivity index (χ3n) is 2.89. The highest BCUT2D eigenvalue weighted by Crippen LogP contribution is 2.22. The van der Waals surface area contributed by atoms with Crippen molar-refractivity contribution in [3.8, 4) is 0 Å². The van der Waals surface area contributed by atoms with E-state index in [0.717, 1.165) is 11.3 Å². The second kappa shape index (κ2) is 6.00. The summed E-state index contributed by atoms with van der Waals surface area (Å²) in [7, 11) is -3.61. The third kappa shape index (κ3) is 3.52. The fourth-order valence-corrected chi connectivity index (χ4v) is 4.11. The molecule has 0 aromatic carbocycles. The first-order valence-electron chi connectivity index (χ1n) is 6.24. The number of carboxylic acids is 1. The summed E-state index contributed by atoms with van der Waals surface area (Å²) in [6.07, 6.45) is 0.777. The zero-order chi connectivity index (χ0) is 15.6. The molecule has 0 aliphatic heterocycles. The van der Waals surface area contributed by atoms with Crippen molar-refractivity contribution in [2.45, 2.75) is 31.0 Å². The van der Waals surface area contributed by atoms with E-state index in [0.29, 0.717) is 0 Å². The van der Waals surface area contributed by atoms with Crippen molar-refractivity contribution in [2.24, 2.45) is 0 Å². The van der Waals surface area contributed by atoms with Crippen molar-refractivity contribution in [1.29, 1.82) is 0 Å². The van der Waals surface area contributed by atoms with Gasteiger partial charge in [-0.05, 0) is 31.5 Å². The van der Waals surface area contributed by atoms with Crippen LogP contribution in [0.5, 0.6) is 0 Å². The first-order valence-corrected chi connectivity index (χ1v) is 8.54. The van der Waals surface area contributed by atoms with Gasteiger partial charge in [0.15, 0.2) is 0 Å². The van der Waals surface area contributed by atoms with Gasteiger partial charge in [-0.3, -0.25) is 0 Å². The maximum Gasteiger partial charge on any atom is 0.339 e. The normalized spacial score (nSPS) is 11.7. The molecule has 0 radical (unpaired) electrons. The monoisotopic (exact) mass is 329 g/mol. The fraction of sp³-hybridized carbons (Fsp3) is 0.308. The van der Waals surface area contributed by atoms with Crippen LogP contribution in [0.15, 0.2) is 26.8 Å². The van der Waals surface area contributed by atoms with Gasteiger partial charge in [0.2, 0.25) is 10.0 Å². The zero-order valence-corrected chi connectivity index (χ0v) is 13.2. The Morgan fingerprint density at radius 2 is 2.14 bits per heavy atom. The summed E-state index contributed by atoms with van der Waals surface area (Å²) in [5.41, 5.74) is 0.0357. The number of rotatable bonds is 6. The lowest BCUT2D eigenvalue weighted by Gasteiger charge is -2.02. The average Bonchev–Trinajstić information content (AvgIpc) is 3.03. The summed E-state index contributed by atoms with van der Waals surface area (Å²) in [4.78, 5) is 11.9. The smallest absolute Gasteiger partial charge is 0.339 e. The van der Waals surface area contributed by atoms with Crippen molar-refractivity contribution in [3.63, 3.8) is 0 Å². The van der Waals surface area contributed by atoms with Crippen LogP contribution in [0.4, 0.5) is 0 Å². The van der Waals surface area contributed by atoms with Crippen LogP contribution in [0.25, 0.3) is 0 Å². The minimum absolute atomic E-state index is 0.0357. The van der Waals surface area contributed by atoms with E-state index in [1.807, 2.05) is 6.92 Å². The third-order valence-corrected chi connectivity index (χ3v) is 6.01. The largest absolute Gasteiger partial charge is 0.478 e. The SMILES string of the molecule is CCc1ccc(S(=O)(=O)NCc2cc(C(=O)O)c(C)o2)s1. The Labute approximate surface area is 126 Å². The summed E-state index contributed by atoms with van der Waals surface area (Å²) in [6.45, 7) is 3.39. The quantitative estimate of drug-likeness (QED) is 0.848. The number of sulfonamides is 1. The van der Waals surface area contributed by atoms with Gasteiger partial charge >= 0.3 is 5.97 Å². The molecule has 0 spiro atoms. The van der Waals surface area contributed by atoms with Crippen LogP contribution in [0.2, 0.25) is 0 Å². The van der Waals surface area contributed by atoms with E-state index < -0.39 is 16.0 Å². The number of thiophene rings is 1. The molecule has 114 valence electrons. The van der Waals surface area contributed by atoms with Crippen molar-refractivity contribution < 1.29 is 22.7 Å². The van der Waals surface area contributed by atoms with Crippen molar-refractivity contribution >= 4 is 27.3 Å². The number of aryl methyl sites for hydroxylation is 2. The lowest BCUT2D eigenvalue weighted by Crippen LogP contribution is -2.22. The molecule has 2 heterocycles. The second-order valence-electron chi connectivity index (χ2n) is 4.39. The Bertz CT molecular complexity index is 757. The Morgan fingerprint density at radius 3 is 2.67 bits per heavy atom. The first-order chi connectivity index (χ1) is 9.83. The Hall–Kier alpha value is -1.64. The van der Waals surface area contributed by atoms with E-state index in [-0.39, 0.29) is 27.8 Å². The Kier molecular flexibility index (Phi) is 4.50. The topological polar surface area (TPSA) is 96.6 Å². The van der Waals surface area contributed by atoms with Crippen LogP contribution in [-0.4, -0.2) is 19.5 Å². The Morgan fingerprint density at radius 1 is 1.43 bits per heavy atom. The first kappa shape index (κ1) is 15.7. The molecular formula is C13H15NO5S2. The van der Waals surface area contributed by atoms with Gasteiger partial charge in [-0.2, -0.15) is 0 Å². The number of hydrogen-bond acceptors (Lipinski definition) is 5. The number of furan rings is 1. The summed E-state index contributed by atoms with van der Waals surface area (Å²) >= 11 is 1.21. The molecule has 0 unspecified atom stereocenters. The van der Waals surface area contributed by atoms with Crippen molar-refractivity contribution in [3.05, 3.63) is 40.2 Å². The zero-order valence-electron chi connectivity index (χ0n) is 11.5. The molecule has 0 bridgehead atoms. The van der Waals surface area contributed by atoms with Gasteiger partial charge in [0, 0.05) is 4.88 Å². The number of carboxylic acid groups (broad SMARTS) is 1. The molecule has 0 aliphatic rings. The van der Waals surface area contributed by atoms with E-state index in [2.05, 4.69) is 4.72 Å². The molecule has 0 fully saturated rings. The van der Waals surface area contributed by atoms with Crippen molar-refractivity contribution in [2.75, 3.05) is 0 Å². The van der Waals surface area contributed by atoms with Gasteiger partial charge in [0.25, 0.3) is 0 Å². The van der Waals surface area contributed by atoms with E-state index in [1.165, 1.54) is 24.3 Å². The fourth-order valence-electron chi connectivity index (χ4n) is 1.77. The summed E-state index contributed by atoms with van der Waals surface area (Å²) < 4.78 is 32.1. The molecule has 0 amide bonds. The van der Waals surface area contributed by atoms with E-state index >= 15 is 0 Å². The standard InChI is InChI=1S/C13H15NO5S2/c1-3-10-4-5-12(20-10)21(17,18)14-7-9-6-11(13(15)16)8(2)19-9/h4-6,14H,3,7H2,1-2H3,(H,15,16). The van der Waals surface area contributed by atoms with Gasteiger partial charge < -0.3 is 9.52 Å². The molecule has 0 saturated carbocycles. The molecule has 0 aliphatic carbocycles. The molecule has 21 heavy (non-hydrogen) atoms. The maximum atomic E-state index is 12.1. The van der Waals surface area contributed by atoms with Crippen LogP contribution in [-0.2, 0) is 23.0 Å². The van der Waals surface area contributed by atoms with Gasteiger partial charge in [-0.25, -0.2) is 17.9 Å². The molecule has 2 N–H and O–H groups in total. The molecule has 8 heteroatoms. The summed E-state index contributed by atoms with van der Waals surface area (Å²) in [6, 6.07) is 4.66. The predicted molar refractivity (Wildman–Crippen MR) is 78.1 cm³/mol. The lowest BCUT2D eigenvalue weighted by atomic mass is 10.2. The van der Waals surface area contributed by atoms with Crippen LogP contribution >= 0.6 is 11.3 Å². The summed E-state index contributed by atoms with van der Waals surface area (Å²) in [5.74, 6) is -0.585. The molecule has 2 aromatic heterocycles. The van der Waals surface area contributed by atoms with Gasteiger partial charge in [-0.1, -0.05) is 6.92 Å². The number of nitrogens with one attached hydrogen (secondary N) is 1. The maximum absolute atomic E-state index is 12.1. The van der Waals surface area contributed by atoms with Crippen LogP contribution < -0.4 is 4.72 Å². The van der Waals surface area contributed by atoms with Crippen LogP contribution in [0, 0.1) is 6.92 Å². The molecule has 6 nitrogen and oxygen atoms in total. The number of aromatic carboxylic acids is 1. The average molecular weight is 329 g/mol. The highest BCUT2D eigenvalue weighted by Gasteiger charge is 2.19. The van der Waals surface area contributed by atoms with Gasteiger partial charge in [0.1, 0.15) is 21.3 Å². The molecule has 2 rings (SSSR count). The predicted octanol–water partition coefficient (Wildman–Crippen LogP) is 2.39. The Balaban J connectivity index is 2.11. The molecule has 0 atom stereocenters. The van der Waals surface area contributed by atoms with E-state index in [9.17, 15) is 13.2 Å². The van der Waals surface area contributed by atoms with E-state index in [1.54, 1.807) is 12.1 Å². The van der Waals surface area contributed by atoms with Crippen molar-refractivity contribution in [1.82, 2.24) is 4.72 Å². The number of carbonyl (C=O) groups is 1. The highest BCUT2D eigenvalue weighted by atomic mass is 32.2.